The number of carbonyl (C=O) groups is 1. The van der Waals surface area contributed by atoms with Crippen molar-refractivity contribution in [2.24, 2.45) is 0 Å². The fourth-order valence-electron chi connectivity index (χ4n) is 4.21. The van der Waals surface area contributed by atoms with Crippen molar-refractivity contribution < 1.29 is 31.5 Å². The zero-order valence-electron chi connectivity index (χ0n) is 18.2. The summed E-state index contributed by atoms with van der Waals surface area (Å²) in [6, 6.07) is 7.17. The van der Waals surface area contributed by atoms with Gasteiger partial charge in [-0.2, -0.15) is 22.8 Å². The summed E-state index contributed by atoms with van der Waals surface area (Å²) >= 11 is 0.429. The molecule has 1 saturated heterocycles. The fraction of sp³-hybridized carbons (Fsp3) is 0.435. The topological polar surface area (TPSA) is 75.0 Å². The predicted molar refractivity (Wildman–Crippen MR) is 115 cm³/mol. The SMILES string of the molecule is COc1c([C@@H]2C[C@](C)(C(F)(F)F)S[C@H]2C(=O)Nc2ccnc(C3(C#N)CC3)c2)ccc(F)c1F. The zero-order chi connectivity index (χ0) is 24.9. The lowest BCUT2D eigenvalue weighted by atomic mass is 9.85. The lowest BCUT2D eigenvalue weighted by Crippen LogP contribution is -2.37. The van der Waals surface area contributed by atoms with Gasteiger partial charge in [-0.1, -0.05) is 6.07 Å². The number of amides is 1. The van der Waals surface area contributed by atoms with E-state index in [0.717, 1.165) is 26.2 Å². The van der Waals surface area contributed by atoms with Crippen LogP contribution in [-0.2, 0) is 10.2 Å². The average Bonchev–Trinajstić information content (AvgIpc) is 3.50. The Morgan fingerprint density at radius 1 is 1.29 bits per heavy atom. The first-order valence-corrected chi connectivity index (χ1v) is 11.3. The van der Waals surface area contributed by atoms with Gasteiger partial charge in [-0.05, 0) is 44.4 Å². The van der Waals surface area contributed by atoms with Gasteiger partial charge in [0.25, 0.3) is 0 Å². The number of nitriles is 1. The normalized spacial score (nSPS) is 25.5. The van der Waals surface area contributed by atoms with Crippen LogP contribution in [0, 0.1) is 23.0 Å². The number of ether oxygens (including phenoxy) is 1. The van der Waals surface area contributed by atoms with E-state index in [4.69, 9.17) is 4.74 Å². The minimum Gasteiger partial charge on any atom is -0.493 e. The number of carbonyl (C=O) groups excluding carboxylic acids is 1. The molecule has 0 radical (unpaired) electrons. The molecule has 1 saturated carbocycles. The number of alkyl halides is 3. The maximum absolute atomic E-state index is 14.4. The third-order valence-corrected chi connectivity index (χ3v) is 8.10. The van der Waals surface area contributed by atoms with Crippen LogP contribution in [0.2, 0.25) is 0 Å². The van der Waals surface area contributed by atoms with Gasteiger partial charge >= 0.3 is 6.18 Å². The Hall–Kier alpha value is -2.87. The Morgan fingerprint density at radius 2 is 2.00 bits per heavy atom. The number of aromatic nitrogens is 1. The van der Waals surface area contributed by atoms with Gasteiger partial charge in [0.15, 0.2) is 11.6 Å². The molecule has 1 N–H and O–H groups in total. The summed E-state index contributed by atoms with van der Waals surface area (Å²) in [6.07, 6.45) is -2.49. The second-order valence-electron chi connectivity index (χ2n) is 8.67. The van der Waals surface area contributed by atoms with E-state index in [9.17, 15) is 32.0 Å². The number of thioether (sulfide) groups is 1. The van der Waals surface area contributed by atoms with Crippen LogP contribution in [0.25, 0.3) is 0 Å². The van der Waals surface area contributed by atoms with Crippen LogP contribution in [0.4, 0.5) is 27.6 Å². The second-order valence-corrected chi connectivity index (χ2v) is 10.3. The maximum atomic E-state index is 14.4. The predicted octanol–water partition coefficient (Wildman–Crippen LogP) is 5.47. The van der Waals surface area contributed by atoms with Crippen molar-refractivity contribution in [3.63, 3.8) is 0 Å². The number of halogens is 5. The summed E-state index contributed by atoms with van der Waals surface area (Å²) in [6.45, 7) is 0.985. The molecule has 180 valence electrons. The molecule has 4 rings (SSSR count). The molecule has 1 aromatic heterocycles. The molecule has 11 heteroatoms. The van der Waals surface area contributed by atoms with Crippen molar-refractivity contribution in [1.29, 1.82) is 5.26 Å². The molecule has 3 atom stereocenters. The minimum absolute atomic E-state index is 0.0149. The van der Waals surface area contributed by atoms with Gasteiger partial charge in [-0.3, -0.25) is 9.78 Å². The van der Waals surface area contributed by atoms with Gasteiger partial charge in [0.05, 0.1) is 29.5 Å². The Kier molecular flexibility index (Phi) is 6.00. The third kappa shape index (κ3) is 4.08. The first kappa shape index (κ1) is 24.3. The third-order valence-electron chi connectivity index (χ3n) is 6.39. The minimum atomic E-state index is -4.65. The molecular weight excluding hydrogens is 477 g/mol. The number of hydrogen-bond acceptors (Lipinski definition) is 5. The molecule has 1 aliphatic heterocycles. The van der Waals surface area contributed by atoms with Gasteiger partial charge in [-0.15, -0.1) is 11.8 Å². The molecule has 0 spiro atoms. The molecule has 1 aliphatic carbocycles. The van der Waals surface area contributed by atoms with Crippen LogP contribution < -0.4 is 10.1 Å². The van der Waals surface area contributed by atoms with Gasteiger partial charge in [0.1, 0.15) is 4.75 Å². The van der Waals surface area contributed by atoms with Crippen molar-refractivity contribution >= 4 is 23.4 Å². The largest absolute Gasteiger partial charge is 0.493 e. The number of pyridine rings is 1. The molecule has 2 fully saturated rings. The van der Waals surface area contributed by atoms with Gasteiger partial charge < -0.3 is 10.1 Å². The summed E-state index contributed by atoms with van der Waals surface area (Å²) in [7, 11) is 1.09. The number of nitrogens with one attached hydrogen (secondary N) is 1. The van der Waals surface area contributed by atoms with Gasteiger partial charge in [0.2, 0.25) is 11.7 Å². The Labute approximate surface area is 196 Å². The summed E-state index contributed by atoms with van der Waals surface area (Å²) in [5.74, 6) is -4.88. The van der Waals surface area contributed by atoms with E-state index >= 15 is 0 Å². The molecule has 1 amide bonds. The summed E-state index contributed by atoms with van der Waals surface area (Å²) in [5, 5.41) is 10.7. The van der Waals surface area contributed by atoms with E-state index in [0.29, 0.717) is 30.3 Å². The molecule has 0 unspecified atom stereocenters. The zero-order valence-corrected chi connectivity index (χ0v) is 19.0. The smallest absolute Gasteiger partial charge is 0.403 e. The first-order chi connectivity index (χ1) is 15.9. The van der Waals surface area contributed by atoms with E-state index < -0.39 is 57.2 Å². The van der Waals surface area contributed by atoms with E-state index in [-0.39, 0.29) is 11.3 Å². The summed E-state index contributed by atoms with van der Waals surface area (Å²) in [5.41, 5.74) is 0.0395. The van der Waals surface area contributed by atoms with Crippen molar-refractivity contribution in [3.8, 4) is 11.8 Å². The van der Waals surface area contributed by atoms with Gasteiger partial charge in [-0.25, -0.2) is 4.39 Å². The van der Waals surface area contributed by atoms with Crippen LogP contribution in [0.5, 0.6) is 5.75 Å². The number of benzene rings is 1. The Morgan fingerprint density at radius 3 is 2.59 bits per heavy atom. The average molecular weight is 497 g/mol. The first-order valence-electron chi connectivity index (χ1n) is 10.4. The molecule has 2 heterocycles. The standard InChI is InChI=1S/C23H20F5N3O2S/c1-21(23(26,27)28)10-14(13-3-4-15(24)17(25)18(13)33-2)19(34-21)20(32)31-12-5-8-30-16(9-12)22(11-29)6-7-22/h3-5,8-9,14,19H,6-7,10H2,1-2H3,(H,30,31,32)/t14-,19+,21+/m0/s1. The van der Waals surface area contributed by atoms with Gasteiger partial charge in [0, 0.05) is 23.4 Å². The highest BCUT2D eigenvalue weighted by atomic mass is 32.2. The van der Waals surface area contributed by atoms with E-state index in [1.165, 1.54) is 18.3 Å². The van der Waals surface area contributed by atoms with E-state index in [1.54, 1.807) is 0 Å². The van der Waals surface area contributed by atoms with Crippen LogP contribution in [0.3, 0.4) is 0 Å². The summed E-state index contributed by atoms with van der Waals surface area (Å²) in [4.78, 5) is 17.4. The van der Waals surface area contributed by atoms with Crippen LogP contribution in [0.1, 0.15) is 43.4 Å². The molecule has 0 bridgehead atoms. The number of rotatable bonds is 5. The molecule has 5 nitrogen and oxygen atoms in total. The fourth-order valence-corrected chi connectivity index (χ4v) is 5.75. The lowest BCUT2D eigenvalue weighted by molar-refractivity contribution is -0.155. The maximum Gasteiger partial charge on any atom is 0.403 e. The number of hydrogen-bond donors (Lipinski definition) is 1. The molecular formula is C23H20F5N3O2S. The van der Waals surface area contributed by atoms with Crippen LogP contribution in [0.15, 0.2) is 30.5 Å². The van der Waals surface area contributed by atoms with Crippen LogP contribution in [-0.4, -0.2) is 34.2 Å². The van der Waals surface area contributed by atoms with Crippen LogP contribution >= 0.6 is 11.8 Å². The molecule has 2 aliphatic rings. The molecule has 1 aromatic carbocycles. The second kappa shape index (κ2) is 8.41. The Balaban J connectivity index is 1.69. The van der Waals surface area contributed by atoms with Crippen molar-refractivity contribution in [2.75, 3.05) is 12.4 Å². The quantitative estimate of drug-likeness (QED) is 0.555. The van der Waals surface area contributed by atoms with E-state index in [1.807, 2.05) is 0 Å². The number of methoxy groups -OCH3 is 1. The monoisotopic (exact) mass is 497 g/mol. The summed E-state index contributed by atoms with van der Waals surface area (Å²) < 4.78 is 72.5. The highest BCUT2D eigenvalue weighted by Gasteiger charge is 2.61. The molecule has 2 aromatic rings. The highest BCUT2D eigenvalue weighted by molar-refractivity contribution is 8.02. The molecule has 34 heavy (non-hydrogen) atoms. The van der Waals surface area contributed by atoms with E-state index in [2.05, 4.69) is 16.4 Å². The van der Waals surface area contributed by atoms with Crippen molar-refractivity contribution in [3.05, 3.63) is 53.4 Å². The number of anilines is 1. The highest BCUT2D eigenvalue weighted by Crippen LogP contribution is 2.59. The lowest BCUT2D eigenvalue weighted by Gasteiger charge is -2.26. The van der Waals surface area contributed by atoms with Crippen molar-refractivity contribution in [2.45, 2.75) is 53.7 Å². The van der Waals surface area contributed by atoms with Crippen molar-refractivity contribution in [1.82, 2.24) is 4.98 Å². The number of nitrogens with zero attached hydrogens (tertiary/aromatic N) is 2. The Bertz CT molecular complexity index is 1180.